The number of ether oxygens (including phenoxy) is 2. The van der Waals surface area contributed by atoms with E-state index in [1.54, 1.807) is 0 Å². The van der Waals surface area contributed by atoms with Crippen LogP contribution in [0.2, 0.25) is 0 Å². The van der Waals surface area contributed by atoms with Crippen LogP contribution in [-0.4, -0.2) is 25.7 Å². The van der Waals surface area contributed by atoms with Gasteiger partial charge >= 0.3 is 0 Å². The van der Waals surface area contributed by atoms with Crippen LogP contribution in [0, 0.1) is 0 Å². The fraction of sp³-hybridized carbons (Fsp3) is 0.750. The van der Waals surface area contributed by atoms with Crippen molar-refractivity contribution in [2.24, 2.45) is 0 Å². The van der Waals surface area contributed by atoms with Crippen LogP contribution in [0.25, 0.3) is 0 Å². The molecule has 4 heteroatoms. The first-order chi connectivity index (χ1) is 5.81. The van der Waals surface area contributed by atoms with Crippen LogP contribution < -0.4 is 0 Å². The molecule has 0 aromatic heterocycles. The van der Waals surface area contributed by atoms with Gasteiger partial charge in [-0.2, -0.15) is 0 Å². The smallest absolute Gasteiger partial charge is 0.293 e. The second kappa shape index (κ2) is 8.04. The van der Waals surface area contributed by atoms with Crippen molar-refractivity contribution >= 4 is 12.9 Å². The number of carbonyl (C=O) groups excluding carboxylic acids is 2. The molecular formula is C8H14O4. The zero-order chi connectivity index (χ0) is 9.23. The van der Waals surface area contributed by atoms with Crippen molar-refractivity contribution < 1.29 is 19.1 Å². The van der Waals surface area contributed by atoms with E-state index in [4.69, 9.17) is 0 Å². The lowest BCUT2D eigenvalue weighted by Gasteiger charge is -2.07. The minimum Gasteiger partial charge on any atom is -0.468 e. The Kier molecular flexibility index (Phi) is 7.33. The summed E-state index contributed by atoms with van der Waals surface area (Å²) in [4.78, 5) is 19.6. The Morgan fingerprint density at radius 1 is 1.25 bits per heavy atom. The van der Waals surface area contributed by atoms with Crippen molar-refractivity contribution in [1.82, 2.24) is 0 Å². The standard InChI is InChI=1S/C8H14O4/c1-8(12-7-10)4-2-3-5-11-6-9/h6-8H,2-5H2,1H3. The quantitative estimate of drug-likeness (QED) is 0.405. The zero-order valence-corrected chi connectivity index (χ0v) is 7.19. The van der Waals surface area contributed by atoms with E-state index in [9.17, 15) is 9.59 Å². The minimum atomic E-state index is -0.0428. The van der Waals surface area contributed by atoms with Crippen LogP contribution >= 0.6 is 0 Å². The molecule has 1 unspecified atom stereocenters. The third-order valence-electron chi connectivity index (χ3n) is 1.48. The van der Waals surface area contributed by atoms with Gasteiger partial charge in [-0.05, 0) is 26.2 Å². The molecule has 0 aromatic carbocycles. The summed E-state index contributed by atoms with van der Waals surface area (Å²) < 4.78 is 9.14. The second-order valence-corrected chi connectivity index (χ2v) is 2.51. The fourth-order valence-electron chi connectivity index (χ4n) is 0.828. The molecule has 0 spiro atoms. The van der Waals surface area contributed by atoms with Gasteiger partial charge in [-0.15, -0.1) is 0 Å². The van der Waals surface area contributed by atoms with Crippen molar-refractivity contribution in [2.75, 3.05) is 6.61 Å². The molecule has 1 atom stereocenters. The maximum Gasteiger partial charge on any atom is 0.293 e. The summed E-state index contributed by atoms with van der Waals surface area (Å²) in [5.74, 6) is 0. The molecule has 0 saturated heterocycles. The topological polar surface area (TPSA) is 52.6 Å². The number of hydrogen-bond donors (Lipinski definition) is 0. The minimum absolute atomic E-state index is 0.0428. The van der Waals surface area contributed by atoms with Crippen molar-refractivity contribution in [3.63, 3.8) is 0 Å². The molecule has 0 aliphatic carbocycles. The molecule has 70 valence electrons. The van der Waals surface area contributed by atoms with Gasteiger partial charge in [0.05, 0.1) is 12.7 Å². The van der Waals surface area contributed by atoms with Crippen molar-refractivity contribution in [2.45, 2.75) is 32.3 Å². The fourth-order valence-corrected chi connectivity index (χ4v) is 0.828. The molecule has 0 aromatic rings. The van der Waals surface area contributed by atoms with Crippen LogP contribution in [0.4, 0.5) is 0 Å². The first-order valence-electron chi connectivity index (χ1n) is 3.95. The molecule has 0 amide bonds. The SMILES string of the molecule is CC(CCCCOC=O)OC=O. The van der Waals surface area contributed by atoms with Crippen LogP contribution in [0.15, 0.2) is 0 Å². The second-order valence-electron chi connectivity index (χ2n) is 2.51. The van der Waals surface area contributed by atoms with E-state index in [0.717, 1.165) is 19.3 Å². The Labute approximate surface area is 71.8 Å². The Hall–Kier alpha value is -1.06. The average Bonchev–Trinajstić information content (AvgIpc) is 2.05. The summed E-state index contributed by atoms with van der Waals surface area (Å²) in [6, 6.07) is 0. The zero-order valence-electron chi connectivity index (χ0n) is 7.19. The van der Waals surface area contributed by atoms with Gasteiger partial charge in [0.25, 0.3) is 12.9 Å². The molecular weight excluding hydrogens is 160 g/mol. The Morgan fingerprint density at radius 3 is 2.58 bits per heavy atom. The van der Waals surface area contributed by atoms with E-state index in [0.29, 0.717) is 19.6 Å². The highest BCUT2D eigenvalue weighted by Gasteiger charge is 2.00. The summed E-state index contributed by atoms with van der Waals surface area (Å²) in [5, 5.41) is 0. The molecule has 4 nitrogen and oxygen atoms in total. The number of carbonyl (C=O) groups is 2. The molecule has 0 radical (unpaired) electrons. The van der Waals surface area contributed by atoms with E-state index in [2.05, 4.69) is 9.47 Å². The van der Waals surface area contributed by atoms with Gasteiger partial charge in [0.1, 0.15) is 0 Å². The lowest BCUT2D eigenvalue weighted by Crippen LogP contribution is -2.06. The molecule has 0 fully saturated rings. The predicted octanol–water partition coefficient (Wildman–Crippen LogP) is 0.891. The van der Waals surface area contributed by atoms with Crippen molar-refractivity contribution in [1.29, 1.82) is 0 Å². The van der Waals surface area contributed by atoms with Gasteiger partial charge in [-0.1, -0.05) is 0 Å². The Morgan fingerprint density at radius 2 is 2.00 bits per heavy atom. The lowest BCUT2D eigenvalue weighted by molar-refractivity contribution is -0.133. The van der Waals surface area contributed by atoms with Gasteiger partial charge in [-0.3, -0.25) is 9.59 Å². The van der Waals surface area contributed by atoms with Crippen molar-refractivity contribution in [3.05, 3.63) is 0 Å². The number of unbranched alkanes of at least 4 members (excludes halogenated alkanes) is 1. The largest absolute Gasteiger partial charge is 0.468 e. The summed E-state index contributed by atoms with van der Waals surface area (Å²) in [6.07, 6.45) is 2.47. The van der Waals surface area contributed by atoms with E-state index in [-0.39, 0.29) is 6.10 Å². The van der Waals surface area contributed by atoms with Gasteiger partial charge in [0.15, 0.2) is 0 Å². The molecule has 0 bridgehead atoms. The lowest BCUT2D eigenvalue weighted by atomic mass is 10.2. The molecule has 0 heterocycles. The van der Waals surface area contributed by atoms with Crippen LogP contribution in [-0.2, 0) is 19.1 Å². The van der Waals surface area contributed by atoms with Gasteiger partial charge in [0.2, 0.25) is 0 Å². The third-order valence-corrected chi connectivity index (χ3v) is 1.48. The van der Waals surface area contributed by atoms with E-state index in [1.807, 2.05) is 6.92 Å². The highest BCUT2D eigenvalue weighted by atomic mass is 16.5. The number of hydrogen-bond acceptors (Lipinski definition) is 4. The first-order valence-corrected chi connectivity index (χ1v) is 3.95. The van der Waals surface area contributed by atoms with E-state index < -0.39 is 0 Å². The third kappa shape index (κ3) is 7.05. The predicted molar refractivity (Wildman–Crippen MR) is 42.5 cm³/mol. The van der Waals surface area contributed by atoms with Crippen molar-refractivity contribution in [3.8, 4) is 0 Å². The molecule has 0 N–H and O–H groups in total. The molecule has 12 heavy (non-hydrogen) atoms. The van der Waals surface area contributed by atoms with E-state index >= 15 is 0 Å². The average molecular weight is 174 g/mol. The highest BCUT2D eigenvalue weighted by Crippen LogP contribution is 2.02. The molecule has 0 aliphatic rings. The van der Waals surface area contributed by atoms with Gasteiger partial charge < -0.3 is 9.47 Å². The molecule has 0 saturated carbocycles. The molecule has 0 aliphatic heterocycles. The summed E-state index contributed by atoms with van der Waals surface area (Å²) >= 11 is 0. The summed E-state index contributed by atoms with van der Waals surface area (Å²) in [7, 11) is 0. The number of rotatable bonds is 8. The summed E-state index contributed by atoms with van der Waals surface area (Å²) in [6.45, 7) is 3.16. The van der Waals surface area contributed by atoms with Crippen LogP contribution in [0.5, 0.6) is 0 Å². The Bertz CT molecular complexity index is 124. The van der Waals surface area contributed by atoms with E-state index in [1.165, 1.54) is 0 Å². The first kappa shape index (κ1) is 10.9. The van der Waals surface area contributed by atoms with Crippen LogP contribution in [0.1, 0.15) is 26.2 Å². The molecule has 0 rings (SSSR count). The summed E-state index contributed by atoms with van der Waals surface area (Å²) in [5.41, 5.74) is 0. The Balaban J connectivity index is 3.07. The van der Waals surface area contributed by atoms with Crippen LogP contribution in [0.3, 0.4) is 0 Å². The maximum atomic E-state index is 9.86. The normalized spacial score (nSPS) is 11.8. The van der Waals surface area contributed by atoms with Gasteiger partial charge in [0, 0.05) is 0 Å². The highest BCUT2D eigenvalue weighted by molar-refractivity contribution is 5.37. The monoisotopic (exact) mass is 174 g/mol. The van der Waals surface area contributed by atoms with Gasteiger partial charge in [-0.25, -0.2) is 0 Å². The maximum absolute atomic E-state index is 9.86.